The van der Waals surface area contributed by atoms with E-state index in [0.717, 1.165) is 12.8 Å². The molecule has 0 unspecified atom stereocenters. The molecular weight excluding hydrogens is 306 g/mol. The average molecular weight is 322 g/mol. The van der Waals surface area contributed by atoms with Gasteiger partial charge in [0.05, 0.1) is 17.4 Å². The van der Waals surface area contributed by atoms with Gasteiger partial charge < -0.3 is 10.4 Å². The van der Waals surface area contributed by atoms with E-state index in [9.17, 15) is 9.90 Å². The van der Waals surface area contributed by atoms with Crippen LogP contribution in [0.3, 0.4) is 0 Å². The highest BCUT2D eigenvalue weighted by Gasteiger charge is 2.23. The molecule has 3 rings (SSSR count). The summed E-state index contributed by atoms with van der Waals surface area (Å²) in [5, 5.41) is 24.0. The number of tetrazole rings is 1. The molecule has 1 aromatic heterocycles. The number of carbonyl (C=O) groups excluding carboxylic acids is 1. The molecule has 1 aromatic carbocycles. The van der Waals surface area contributed by atoms with Crippen LogP contribution in [-0.4, -0.2) is 43.4 Å². The van der Waals surface area contributed by atoms with E-state index in [-0.39, 0.29) is 18.1 Å². The number of carbonyl (C=O) groups is 1. The molecule has 2 N–H and O–H groups in total. The van der Waals surface area contributed by atoms with Gasteiger partial charge in [0, 0.05) is 11.1 Å². The van der Waals surface area contributed by atoms with Crippen LogP contribution in [0.5, 0.6) is 0 Å². The molecule has 2 aromatic rings. The Morgan fingerprint density at radius 1 is 1.32 bits per heavy atom. The van der Waals surface area contributed by atoms with Crippen molar-refractivity contribution in [3.8, 4) is 5.69 Å². The van der Waals surface area contributed by atoms with Gasteiger partial charge in [-0.05, 0) is 54.3 Å². The van der Waals surface area contributed by atoms with Gasteiger partial charge in [-0.25, -0.2) is 0 Å². The van der Waals surface area contributed by atoms with Gasteiger partial charge in [0.1, 0.15) is 6.33 Å². The fourth-order valence-electron chi connectivity index (χ4n) is 2.64. The number of halogens is 1. The quantitative estimate of drug-likeness (QED) is 0.890. The van der Waals surface area contributed by atoms with Crippen LogP contribution in [0, 0.1) is 0 Å². The minimum atomic E-state index is -0.254. The summed E-state index contributed by atoms with van der Waals surface area (Å²) in [6.07, 6.45) is 4.13. The molecule has 0 bridgehead atoms. The third-order valence-electron chi connectivity index (χ3n) is 3.83. The van der Waals surface area contributed by atoms with E-state index in [0.29, 0.717) is 29.1 Å². The van der Waals surface area contributed by atoms with E-state index in [2.05, 4.69) is 20.8 Å². The lowest BCUT2D eigenvalue weighted by Crippen LogP contribution is -2.39. The maximum absolute atomic E-state index is 12.5. The van der Waals surface area contributed by atoms with Gasteiger partial charge in [0.15, 0.2) is 0 Å². The predicted molar refractivity (Wildman–Crippen MR) is 79.9 cm³/mol. The van der Waals surface area contributed by atoms with Crippen LogP contribution in [0.25, 0.3) is 5.69 Å². The van der Waals surface area contributed by atoms with Crippen molar-refractivity contribution in [1.82, 2.24) is 25.5 Å². The molecule has 0 spiro atoms. The van der Waals surface area contributed by atoms with Crippen LogP contribution in [-0.2, 0) is 0 Å². The summed E-state index contributed by atoms with van der Waals surface area (Å²) < 4.78 is 1.43. The van der Waals surface area contributed by atoms with Crippen LogP contribution in [0.1, 0.15) is 36.0 Å². The first kappa shape index (κ1) is 14.9. The fourth-order valence-corrected chi connectivity index (χ4v) is 2.82. The van der Waals surface area contributed by atoms with Gasteiger partial charge in [0.25, 0.3) is 5.91 Å². The maximum atomic E-state index is 12.5. The molecule has 1 aliphatic carbocycles. The molecule has 0 atom stereocenters. The van der Waals surface area contributed by atoms with Crippen molar-refractivity contribution >= 4 is 17.5 Å². The van der Waals surface area contributed by atoms with Crippen LogP contribution >= 0.6 is 11.6 Å². The Balaban J connectivity index is 1.81. The first-order valence-corrected chi connectivity index (χ1v) is 7.53. The van der Waals surface area contributed by atoms with Crippen LogP contribution in [0.2, 0.25) is 5.02 Å². The normalized spacial score (nSPS) is 21.5. The molecular formula is C14H16ClN5O2. The summed E-state index contributed by atoms with van der Waals surface area (Å²) in [5.74, 6) is -0.214. The molecule has 1 amide bonds. The van der Waals surface area contributed by atoms with Crippen molar-refractivity contribution in [2.75, 3.05) is 0 Å². The zero-order valence-electron chi connectivity index (χ0n) is 11.8. The number of aliphatic hydroxyl groups excluding tert-OH is 1. The smallest absolute Gasteiger partial charge is 0.253 e. The second kappa shape index (κ2) is 6.41. The van der Waals surface area contributed by atoms with E-state index in [4.69, 9.17) is 11.6 Å². The lowest BCUT2D eigenvalue weighted by atomic mass is 9.93. The van der Waals surface area contributed by atoms with Gasteiger partial charge in [-0.1, -0.05) is 11.6 Å². The van der Waals surface area contributed by atoms with E-state index in [1.165, 1.54) is 11.0 Å². The Morgan fingerprint density at radius 3 is 2.77 bits per heavy atom. The minimum Gasteiger partial charge on any atom is -0.393 e. The summed E-state index contributed by atoms with van der Waals surface area (Å²) in [6.45, 7) is 0. The van der Waals surface area contributed by atoms with Gasteiger partial charge in [0.2, 0.25) is 0 Å². The first-order chi connectivity index (χ1) is 10.6. The molecule has 116 valence electrons. The molecule has 0 aliphatic heterocycles. The largest absolute Gasteiger partial charge is 0.393 e. The van der Waals surface area contributed by atoms with E-state index < -0.39 is 0 Å². The predicted octanol–water partition coefficient (Wildman–Crippen LogP) is 1.35. The van der Waals surface area contributed by atoms with Crippen LogP contribution in [0.4, 0.5) is 0 Å². The monoisotopic (exact) mass is 321 g/mol. The number of aromatic nitrogens is 4. The highest BCUT2D eigenvalue weighted by Crippen LogP contribution is 2.22. The van der Waals surface area contributed by atoms with Crippen molar-refractivity contribution in [2.45, 2.75) is 37.8 Å². The summed E-state index contributed by atoms with van der Waals surface area (Å²) in [5.41, 5.74) is 0.994. The third kappa shape index (κ3) is 3.26. The Labute approximate surface area is 132 Å². The highest BCUT2D eigenvalue weighted by molar-refractivity contribution is 6.31. The van der Waals surface area contributed by atoms with Gasteiger partial charge in [-0.15, -0.1) is 5.10 Å². The molecule has 0 radical (unpaired) electrons. The molecule has 1 saturated carbocycles. The highest BCUT2D eigenvalue weighted by atomic mass is 35.5. The number of nitrogens with one attached hydrogen (secondary N) is 1. The van der Waals surface area contributed by atoms with Crippen molar-refractivity contribution < 1.29 is 9.90 Å². The average Bonchev–Trinajstić information content (AvgIpc) is 3.03. The SMILES string of the molecule is O=C(NC1CCC(O)CC1)c1cc(Cl)ccc1-n1cnnn1. The third-order valence-corrected chi connectivity index (χ3v) is 4.07. The number of hydrogen-bond acceptors (Lipinski definition) is 5. The van der Waals surface area contributed by atoms with E-state index in [1.807, 2.05) is 0 Å². The molecule has 8 heteroatoms. The first-order valence-electron chi connectivity index (χ1n) is 7.15. The zero-order chi connectivity index (χ0) is 15.5. The zero-order valence-corrected chi connectivity index (χ0v) is 12.6. The summed E-state index contributed by atoms with van der Waals surface area (Å²) in [6, 6.07) is 5.06. The Bertz CT molecular complexity index is 653. The van der Waals surface area contributed by atoms with Gasteiger partial charge in [-0.3, -0.25) is 4.79 Å². The number of amides is 1. The summed E-state index contributed by atoms with van der Waals surface area (Å²) >= 11 is 6.01. The van der Waals surface area contributed by atoms with Gasteiger partial charge in [-0.2, -0.15) is 4.68 Å². The maximum Gasteiger partial charge on any atom is 0.253 e. The van der Waals surface area contributed by atoms with Crippen LogP contribution in [0.15, 0.2) is 24.5 Å². The number of rotatable bonds is 3. The molecule has 7 nitrogen and oxygen atoms in total. The molecule has 1 fully saturated rings. The van der Waals surface area contributed by atoms with Crippen molar-refractivity contribution in [3.63, 3.8) is 0 Å². The molecule has 1 heterocycles. The lowest BCUT2D eigenvalue weighted by molar-refractivity contribution is 0.0867. The number of benzene rings is 1. The molecule has 0 saturated heterocycles. The minimum absolute atomic E-state index is 0.0663. The summed E-state index contributed by atoms with van der Waals surface area (Å²) in [4.78, 5) is 12.5. The number of aliphatic hydroxyl groups is 1. The Hall–Kier alpha value is -1.99. The summed E-state index contributed by atoms with van der Waals surface area (Å²) in [7, 11) is 0. The van der Waals surface area contributed by atoms with Crippen molar-refractivity contribution in [1.29, 1.82) is 0 Å². The Morgan fingerprint density at radius 2 is 2.09 bits per heavy atom. The fraction of sp³-hybridized carbons (Fsp3) is 0.429. The standard InChI is InChI=1S/C14H16ClN5O2/c15-9-1-6-13(20-8-16-18-19-20)12(7-9)14(22)17-10-2-4-11(21)5-3-10/h1,6-8,10-11,21H,2-5H2,(H,17,22). The van der Waals surface area contributed by atoms with E-state index in [1.54, 1.807) is 18.2 Å². The number of nitrogens with zero attached hydrogens (tertiary/aromatic N) is 4. The topological polar surface area (TPSA) is 92.9 Å². The van der Waals surface area contributed by atoms with Crippen molar-refractivity contribution in [2.24, 2.45) is 0 Å². The lowest BCUT2D eigenvalue weighted by Gasteiger charge is -2.26. The molecule has 22 heavy (non-hydrogen) atoms. The van der Waals surface area contributed by atoms with Crippen molar-refractivity contribution in [3.05, 3.63) is 35.1 Å². The Kier molecular flexibility index (Phi) is 4.35. The van der Waals surface area contributed by atoms with Gasteiger partial charge >= 0.3 is 0 Å². The second-order valence-electron chi connectivity index (χ2n) is 5.39. The number of hydrogen-bond donors (Lipinski definition) is 2. The second-order valence-corrected chi connectivity index (χ2v) is 5.83. The molecule has 1 aliphatic rings. The van der Waals surface area contributed by atoms with Crippen LogP contribution < -0.4 is 5.32 Å². The van der Waals surface area contributed by atoms with E-state index >= 15 is 0 Å².